The fourth-order valence-corrected chi connectivity index (χ4v) is 2.30. The van der Waals surface area contributed by atoms with Crippen LogP contribution in [0.4, 0.5) is 0 Å². The molecule has 3 heteroatoms. The molecule has 1 aliphatic heterocycles. The van der Waals surface area contributed by atoms with Gasteiger partial charge in [-0.3, -0.25) is 4.90 Å². The number of hydrogen-bond donors (Lipinski definition) is 0. The molecule has 0 saturated heterocycles. The standard InChI is InChI=1S/C14H15N3/c1-2-4-12(5-3-1)9-17-7-6-14-13(10-17)8-15-11-16-14/h1-5,8,11H,6-7,9-10H2. The van der Waals surface area contributed by atoms with Gasteiger partial charge in [-0.15, -0.1) is 0 Å². The van der Waals surface area contributed by atoms with Gasteiger partial charge in [0.15, 0.2) is 0 Å². The minimum absolute atomic E-state index is 0.963. The van der Waals surface area contributed by atoms with Gasteiger partial charge in [0.05, 0.1) is 0 Å². The lowest BCUT2D eigenvalue weighted by Crippen LogP contribution is -2.30. The Bertz CT molecular complexity index is 496. The number of benzene rings is 1. The highest BCUT2D eigenvalue weighted by molar-refractivity contribution is 5.20. The largest absolute Gasteiger partial charge is 0.294 e. The molecule has 0 spiro atoms. The maximum absolute atomic E-state index is 4.32. The topological polar surface area (TPSA) is 29.0 Å². The zero-order chi connectivity index (χ0) is 11.5. The van der Waals surface area contributed by atoms with E-state index in [2.05, 4.69) is 45.2 Å². The van der Waals surface area contributed by atoms with E-state index in [1.807, 2.05) is 6.20 Å². The Morgan fingerprint density at radius 1 is 1.18 bits per heavy atom. The normalized spacial score (nSPS) is 15.5. The molecule has 0 N–H and O–H groups in total. The van der Waals surface area contributed by atoms with E-state index in [4.69, 9.17) is 0 Å². The Morgan fingerprint density at radius 2 is 2.06 bits per heavy atom. The molecule has 1 aromatic carbocycles. The molecule has 3 nitrogen and oxygen atoms in total. The minimum Gasteiger partial charge on any atom is -0.294 e. The first-order chi connectivity index (χ1) is 8.42. The third-order valence-corrected chi connectivity index (χ3v) is 3.19. The number of rotatable bonds is 2. The van der Waals surface area contributed by atoms with E-state index in [1.54, 1.807) is 6.33 Å². The van der Waals surface area contributed by atoms with Gasteiger partial charge in [0, 0.05) is 43.5 Å². The molecule has 0 fully saturated rings. The van der Waals surface area contributed by atoms with Crippen LogP contribution in [0.1, 0.15) is 16.8 Å². The van der Waals surface area contributed by atoms with Gasteiger partial charge < -0.3 is 0 Å². The summed E-state index contributed by atoms with van der Waals surface area (Å²) in [6.45, 7) is 3.05. The summed E-state index contributed by atoms with van der Waals surface area (Å²) in [5.41, 5.74) is 3.85. The van der Waals surface area contributed by atoms with Crippen molar-refractivity contribution in [1.29, 1.82) is 0 Å². The van der Waals surface area contributed by atoms with Crippen LogP contribution < -0.4 is 0 Å². The van der Waals surface area contributed by atoms with Crippen molar-refractivity contribution in [1.82, 2.24) is 14.9 Å². The fourth-order valence-electron chi connectivity index (χ4n) is 2.30. The van der Waals surface area contributed by atoms with Gasteiger partial charge in [-0.25, -0.2) is 9.97 Å². The lowest BCUT2D eigenvalue weighted by molar-refractivity contribution is 0.243. The van der Waals surface area contributed by atoms with E-state index >= 15 is 0 Å². The molecule has 0 unspecified atom stereocenters. The summed E-state index contributed by atoms with van der Waals surface area (Å²) in [5, 5.41) is 0. The van der Waals surface area contributed by atoms with E-state index in [-0.39, 0.29) is 0 Å². The molecule has 3 rings (SSSR count). The molecule has 1 aliphatic rings. The zero-order valence-electron chi connectivity index (χ0n) is 9.71. The molecule has 0 bridgehead atoms. The Balaban J connectivity index is 1.72. The molecule has 0 radical (unpaired) electrons. The van der Waals surface area contributed by atoms with E-state index < -0.39 is 0 Å². The zero-order valence-corrected chi connectivity index (χ0v) is 9.71. The minimum atomic E-state index is 0.963. The maximum atomic E-state index is 4.32. The lowest BCUT2D eigenvalue weighted by atomic mass is 10.1. The van der Waals surface area contributed by atoms with Crippen molar-refractivity contribution in [3.63, 3.8) is 0 Å². The van der Waals surface area contributed by atoms with Gasteiger partial charge >= 0.3 is 0 Å². The average molecular weight is 225 g/mol. The molecule has 86 valence electrons. The smallest absolute Gasteiger partial charge is 0.115 e. The molecule has 0 amide bonds. The number of fused-ring (bicyclic) bond motifs is 1. The fraction of sp³-hybridized carbons (Fsp3) is 0.286. The van der Waals surface area contributed by atoms with E-state index in [0.29, 0.717) is 0 Å². The summed E-state index contributed by atoms with van der Waals surface area (Å²) in [4.78, 5) is 10.9. The Hall–Kier alpha value is -1.74. The molecule has 2 aromatic rings. The van der Waals surface area contributed by atoms with Crippen LogP contribution in [0.15, 0.2) is 42.9 Å². The first-order valence-electron chi connectivity index (χ1n) is 5.96. The van der Waals surface area contributed by atoms with Crippen molar-refractivity contribution >= 4 is 0 Å². The number of nitrogens with zero attached hydrogens (tertiary/aromatic N) is 3. The van der Waals surface area contributed by atoms with E-state index in [1.165, 1.54) is 16.8 Å². The molecule has 2 heterocycles. The SMILES string of the molecule is c1ccc(CN2CCc3ncncc3C2)cc1. The second-order valence-corrected chi connectivity index (χ2v) is 4.44. The van der Waals surface area contributed by atoms with E-state index in [9.17, 15) is 0 Å². The highest BCUT2D eigenvalue weighted by Crippen LogP contribution is 2.17. The first kappa shape index (κ1) is 10.4. The van der Waals surface area contributed by atoms with Crippen LogP contribution in [0.25, 0.3) is 0 Å². The van der Waals surface area contributed by atoms with Crippen molar-refractivity contribution in [2.45, 2.75) is 19.5 Å². The van der Waals surface area contributed by atoms with E-state index in [0.717, 1.165) is 26.1 Å². The predicted molar refractivity (Wildman–Crippen MR) is 66.3 cm³/mol. The van der Waals surface area contributed by atoms with Crippen molar-refractivity contribution < 1.29 is 0 Å². The third-order valence-electron chi connectivity index (χ3n) is 3.19. The van der Waals surface area contributed by atoms with Crippen LogP contribution in [0, 0.1) is 0 Å². The van der Waals surface area contributed by atoms with Gasteiger partial charge in [0.2, 0.25) is 0 Å². The van der Waals surface area contributed by atoms with Gasteiger partial charge in [0.25, 0.3) is 0 Å². The summed E-state index contributed by atoms with van der Waals surface area (Å²) < 4.78 is 0. The van der Waals surface area contributed by atoms with Gasteiger partial charge in [-0.2, -0.15) is 0 Å². The summed E-state index contributed by atoms with van der Waals surface area (Å²) in [6.07, 6.45) is 4.62. The summed E-state index contributed by atoms with van der Waals surface area (Å²) in [7, 11) is 0. The molecular weight excluding hydrogens is 210 g/mol. The molecule has 0 saturated carbocycles. The van der Waals surface area contributed by atoms with Crippen molar-refractivity contribution in [2.24, 2.45) is 0 Å². The highest BCUT2D eigenvalue weighted by Gasteiger charge is 2.16. The van der Waals surface area contributed by atoms with Crippen LogP contribution in [-0.4, -0.2) is 21.4 Å². The van der Waals surface area contributed by atoms with Crippen LogP contribution in [0.3, 0.4) is 0 Å². The van der Waals surface area contributed by atoms with Gasteiger partial charge in [-0.1, -0.05) is 30.3 Å². The predicted octanol–water partition coefficient (Wildman–Crippen LogP) is 2.03. The molecular formula is C14H15N3. The summed E-state index contributed by atoms with van der Waals surface area (Å²) in [5.74, 6) is 0. The maximum Gasteiger partial charge on any atom is 0.115 e. The molecule has 1 aromatic heterocycles. The summed E-state index contributed by atoms with van der Waals surface area (Å²) in [6, 6.07) is 10.6. The monoisotopic (exact) mass is 225 g/mol. The number of aromatic nitrogens is 2. The van der Waals surface area contributed by atoms with Crippen LogP contribution in [-0.2, 0) is 19.5 Å². The van der Waals surface area contributed by atoms with Gasteiger partial charge in [-0.05, 0) is 5.56 Å². The first-order valence-corrected chi connectivity index (χ1v) is 5.96. The van der Waals surface area contributed by atoms with Crippen LogP contribution in [0.5, 0.6) is 0 Å². The average Bonchev–Trinajstić information content (AvgIpc) is 2.40. The summed E-state index contributed by atoms with van der Waals surface area (Å²) >= 11 is 0. The lowest BCUT2D eigenvalue weighted by Gasteiger charge is -2.27. The second-order valence-electron chi connectivity index (χ2n) is 4.44. The number of hydrogen-bond acceptors (Lipinski definition) is 3. The Kier molecular flexibility index (Phi) is 2.84. The second kappa shape index (κ2) is 4.63. The van der Waals surface area contributed by atoms with Crippen LogP contribution >= 0.6 is 0 Å². The van der Waals surface area contributed by atoms with Crippen molar-refractivity contribution in [3.8, 4) is 0 Å². The Labute approximate surface area is 101 Å². The molecule has 0 aliphatic carbocycles. The Morgan fingerprint density at radius 3 is 2.94 bits per heavy atom. The van der Waals surface area contributed by atoms with Crippen molar-refractivity contribution in [2.75, 3.05) is 6.54 Å². The van der Waals surface area contributed by atoms with Crippen molar-refractivity contribution in [3.05, 3.63) is 59.7 Å². The third kappa shape index (κ3) is 2.34. The van der Waals surface area contributed by atoms with Gasteiger partial charge in [0.1, 0.15) is 6.33 Å². The highest BCUT2D eigenvalue weighted by atomic mass is 15.1. The van der Waals surface area contributed by atoms with Crippen LogP contribution in [0.2, 0.25) is 0 Å². The molecule has 0 atom stereocenters. The molecule has 17 heavy (non-hydrogen) atoms. The quantitative estimate of drug-likeness (QED) is 0.783.